The Hall–Kier alpha value is -1.15. The van der Waals surface area contributed by atoms with Gasteiger partial charge in [0.1, 0.15) is 0 Å². The summed E-state index contributed by atoms with van der Waals surface area (Å²) in [6, 6.07) is 5.54. The summed E-state index contributed by atoms with van der Waals surface area (Å²) < 4.78 is 5.95. The Balaban J connectivity index is 0.00000441. The van der Waals surface area contributed by atoms with Crippen molar-refractivity contribution < 1.29 is 14.3 Å². The van der Waals surface area contributed by atoms with E-state index in [0.29, 0.717) is 5.69 Å². The molecule has 6 nitrogen and oxygen atoms in total. The maximum Gasteiger partial charge on any atom is 0.243 e. The second-order valence-electron chi connectivity index (χ2n) is 4.58. The van der Waals surface area contributed by atoms with E-state index >= 15 is 0 Å². The minimum Gasteiger partial charge on any atom is -0.380 e. The van der Waals surface area contributed by atoms with E-state index in [9.17, 15) is 9.59 Å². The molecule has 0 fully saturated rings. The third-order valence-corrected chi connectivity index (χ3v) is 3.41. The van der Waals surface area contributed by atoms with E-state index in [1.807, 2.05) is 19.1 Å². The summed E-state index contributed by atoms with van der Waals surface area (Å²) in [5.41, 5.74) is 7.08. The first kappa shape index (κ1) is 20.9. The molecule has 0 spiro atoms. The van der Waals surface area contributed by atoms with E-state index in [0.717, 1.165) is 10.0 Å². The van der Waals surface area contributed by atoms with Crippen molar-refractivity contribution in [1.82, 2.24) is 5.32 Å². The second-order valence-corrected chi connectivity index (χ2v) is 5.50. The highest BCUT2D eigenvalue weighted by Crippen LogP contribution is 2.19. The summed E-state index contributed by atoms with van der Waals surface area (Å²) in [4.78, 5) is 23.4. The zero-order valence-corrected chi connectivity index (χ0v) is 14.9. The van der Waals surface area contributed by atoms with Crippen LogP contribution in [0.3, 0.4) is 0 Å². The minimum absolute atomic E-state index is 0. The van der Waals surface area contributed by atoms with E-state index in [2.05, 4.69) is 26.6 Å². The largest absolute Gasteiger partial charge is 0.380 e. The van der Waals surface area contributed by atoms with Crippen LogP contribution in [-0.2, 0) is 14.3 Å². The van der Waals surface area contributed by atoms with Crippen molar-refractivity contribution in [2.24, 2.45) is 5.73 Å². The zero-order chi connectivity index (χ0) is 15.8. The van der Waals surface area contributed by atoms with Crippen LogP contribution < -0.4 is 16.4 Å². The quantitative estimate of drug-likeness (QED) is 0.655. The molecule has 4 N–H and O–H groups in total. The van der Waals surface area contributed by atoms with Crippen LogP contribution in [0.1, 0.15) is 12.0 Å². The maximum atomic E-state index is 11.8. The summed E-state index contributed by atoms with van der Waals surface area (Å²) in [5.74, 6) is -0.550. The van der Waals surface area contributed by atoms with Gasteiger partial charge in [-0.2, -0.15) is 0 Å². The topological polar surface area (TPSA) is 93.4 Å². The molecule has 1 aromatic carbocycles. The number of benzene rings is 1. The van der Waals surface area contributed by atoms with Crippen molar-refractivity contribution in [3.63, 3.8) is 0 Å². The Labute approximate surface area is 144 Å². The summed E-state index contributed by atoms with van der Waals surface area (Å²) in [5, 5.41) is 5.28. The molecule has 0 saturated carbocycles. The molecule has 22 heavy (non-hydrogen) atoms. The molecule has 124 valence electrons. The van der Waals surface area contributed by atoms with Gasteiger partial charge in [-0.05, 0) is 30.7 Å². The van der Waals surface area contributed by atoms with E-state index in [4.69, 9.17) is 10.5 Å². The molecule has 8 heteroatoms. The van der Waals surface area contributed by atoms with Gasteiger partial charge in [-0.15, -0.1) is 12.4 Å². The van der Waals surface area contributed by atoms with Gasteiger partial charge in [-0.25, -0.2) is 0 Å². The molecule has 0 aliphatic heterocycles. The van der Waals surface area contributed by atoms with Crippen molar-refractivity contribution in [2.45, 2.75) is 19.4 Å². The van der Waals surface area contributed by atoms with Gasteiger partial charge in [0, 0.05) is 23.8 Å². The lowest BCUT2D eigenvalue weighted by atomic mass is 10.2. The monoisotopic (exact) mass is 393 g/mol. The van der Waals surface area contributed by atoms with Gasteiger partial charge in [0.25, 0.3) is 0 Å². The molecule has 0 radical (unpaired) electrons. The Morgan fingerprint density at radius 2 is 2.05 bits per heavy atom. The van der Waals surface area contributed by atoms with Crippen molar-refractivity contribution in [2.75, 3.05) is 25.5 Å². The lowest BCUT2D eigenvalue weighted by Crippen LogP contribution is -2.36. The van der Waals surface area contributed by atoms with Gasteiger partial charge in [0.15, 0.2) is 0 Å². The second kappa shape index (κ2) is 10.6. The van der Waals surface area contributed by atoms with Crippen LogP contribution in [-0.4, -0.2) is 38.1 Å². The number of hydrogen-bond acceptors (Lipinski definition) is 4. The van der Waals surface area contributed by atoms with Crippen LogP contribution in [0, 0.1) is 6.92 Å². The smallest absolute Gasteiger partial charge is 0.243 e. The number of halogens is 2. The van der Waals surface area contributed by atoms with Crippen LogP contribution in [0.2, 0.25) is 0 Å². The van der Waals surface area contributed by atoms with Crippen LogP contribution in [0.4, 0.5) is 5.69 Å². The molecule has 1 aromatic rings. The van der Waals surface area contributed by atoms with Crippen LogP contribution >= 0.6 is 28.3 Å². The van der Waals surface area contributed by atoms with Crippen molar-refractivity contribution in [1.29, 1.82) is 0 Å². The van der Waals surface area contributed by atoms with E-state index < -0.39 is 0 Å². The average molecular weight is 395 g/mol. The first-order valence-electron chi connectivity index (χ1n) is 6.51. The number of anilines is 1. The van der Waals surface area contributed by atoms with Gasteiger partial charge >= 0.3 is 0 Å². The highest BCUT2D eigenvalue weighted by molar-refractivity contribution is 9.10. The first-order chi connectivity index (χ1) is 9.96. The fraction of sp³-hybridized carbons (Fsp3) is 0.429. The van der Waals surface area contributed by atoms with Crippen LogP contribution in [0.15, 0.2) is 22.7 Å². The number of carbonyl (C=O) groups is 2. The van der Waals surface area contributed by atoms with Crippen molar-refractivity contribution >= 4 is 45.8 Å². The van der Waals surface area contributed by atoms with Crippen molar-refractivity contribution in [3.05, 3.63) is 28.2 Å². The number of rotatable bonds is 7. The molecule has 0 bridgehead atoms. The number of hydrogen-bond donors (Lipinski definition) is 3. The molecule has 2 amide bonds. The fourth-order valence-electron chi connectivity index (χ4n) is 1.68. The van der Waals surface area contributed by atoms with Gasteiger partial charge in [-0.1, -0.05) is 15.9 Å². The van der Waals surface area contributed by atoms with Crippen LogP contribution in [0.25, 0.3) is 0 Å². The Morgan fingerprint density at radius 1 is 1.36 bits per heavy atom. The SMILES string of the molecule is COC(CN)CC(=O)NCC(=O)Nc1ccc(Br)cc1C.Cl. The summed E-state index contributed by atoms with van der Waals surface area (Å²) in [6.07, 6.45) is -0.195. The Bertz CT molecular complexity index is 510. The number of aryl methyl sites for hydroxylation is 1. The predicted molar refractivity (Wildman–Crippen MR) is 92.2 cm³/mol. The lowest BCUT2D eigenvalue weighted by molar-refractivity contribution is -0.125. The third-order valence-electron chi connectivity index (χ3n) is 2.92. The number of methoxy groups -OCH3 is 1. The van der Waals surface area contributed by atoms with Crippen LogP contribution in [0.5, 0.6) is 0 Å². The highest BCUT2D eigenvalue weighted by Gasteiger charge is 2.12. The first-order valence-corrected chi connectivity index (χ1v) is 7.31. The molecule has 0 heterocycles. The Kier molecular flexibility index (Phi) is 10.0. The molecule has 0 saturated heterocycles. The third kappa shape index (κ3) is 7.22. The highest BCUT2D eigenvalue weighted by atomic mass is 79.9. The van der Waals surface area contributed by atoms with Gasteiger partial charge in [0.2, 0.25) is 11.8 Å². The molecular formula is C14H21BrClN3O3. The van der Waals surface area contributed by atoms with Gasteiger partial charge in [-0.3, -0.25) is 9.59 Å². The summed E-state index contributed by atoms with van der Waals surface area (Å²) >= 11 is 3.36. The average Bonchev–Trinajstić information content (AvgIpc) is 2.45. The lowest BCUT2D eigenvalue weighted by Gasteiger charge is -2.13. The molecule has 0 aliphatic rings. The summed E-state index contributed by atoms with van der Waals surface area (Å²) in [6.45, 7) is 2.06. The maximum absolute atomic E-state index is 11.8. The van der Waals surface area contributed by atoms with Crippen molar-refractivity contribution in [3.8, 4) is 0 Å². The molecular weight excluding hydrogens is 374 g/mol. The van der Waals surface area contributed by atoms with Gasteiger partial charge < -0.3 is 21.1 Å². The van der Waals surface area contributed by atoms with E-state index in [-0.39, 0.29) is 49.8 Å². The fourth-order valence-corrected chi connectivity index (χ4v) is 2.16. The molecule has 0 aromatic heterocycles. The molecule has 0 aliphatic carbocycles. The standard InChI is InChI=1S/C14H20BrN3O3.ClH/c1-9-5-10(15)3-4-12(9)18-14(20)8-17-13(19)6-11(7-16)21-2;/h3-5,11H,6-8,16H2,1-2H3,(H,17,19)(H,18,20);1H. The predicted octanol–water partition coefficient (Wildman–Crippen LogP) is 1.60. The normalized spacial score (nSPS) is 11.3. The number of ether oxygens (including phenoxy) is 1. The zero-order valence-electron chi connectivity index (χ0n) is 12.5. The molecule has 1 rings (SSSR count). The number of nitrogens with one attached hydrogen (secondary N) is 2. The van der Waals surface area contributed by atoms with Gasteiger partial charge in [0.05, 0.1) is 19.1 Å². The molecule has 1 unspecified atom stereocenters. The number of amides is 2. The number of nitrogens with two attached hydrogens (primary N) is 1. The van der Waals surface area contributed by atoms with E-state index in [1.165, 1.54) is 7.11 Å². The minimum atomic E-state index is -0.332. The number of carbonyl (C=O) groups excluding carboxylic acids is 2. The summed E-state index contributed by atoms with van der Waals surface area (Å²) in [7, 11) is 1.49. The molecule has 1 atom stereocenters. The Morgan fingerprint density at radius 3 is 2.59 bits per heavy atom. The van der Waals surface area contributed by atoms with E-state index in [1.54, 1.807) is 6.07 Å².